The first-order valence-electron chi connectivity index (χ1n) is 6.98. The maximum absolute atomic E-state index is 12.1. The molecule has 4 nitrogen and oxygen atoms in total. The molecule has 0 saturated carbocycles. The van der Waals surface area contributed by atoms with Crippen molar-refractivity contribution in [2.75, 3.05) is 13.6 Å². The average Bonchev–Trinajstić information content (AvgIpc) is 2.54. The third kappa shape index (κ3) is 5.37. The smallest absolute Gasteiger partial charge is 0.251 e. The van der Waals surface area contributed by atoms with Crippen molar-refractivity contribution in [3.05, 3.63) is 69.2 Å². The van der Waals surface area contributed by atoms with Crippen molar-refractivity contribution in [3.8, 4) is 0 Å². The van der Waals surface area contributed by atoms with E-state index in [-0.39, 0.29) is 18.4 Å². The van der Waals surface area contributed by atoms with E-state index in [2.05, 4.69) is 21.2 Å². The van der Waals surface area contributed by atoms with Gasteiger partial charge < -0.3 is 10.2 Å². The lowest BCUT2D eigenvalue weighted by molar-refractivity contribution is -0.129. The molecule has 2 rings (SSSR count). The number of benzene rings is 2. The molecule has 0 spiro atoms. The fraction of sp³-hybridized carbons (Fsp3) is 0.176. The number of nitrogens with one attached hydrogen (secondary N) is 1. The van der Waals surface area contributed by atoms with Crippen LogP contribution in [0.3, 0.4) is 0 Å². The Balaban J connectivity index is 1.86. The number of nitrogens with zero attached hydrogens (tertiary/aromatic N) is 1. The first kappa shape index (κ1) is 17.5. The molecule has 120 valence electrons. The Morgan fingerprint density at radius 1 is 1.17 bits per heavy atom. The first-order chi connectivity index (χ1) is 11.0. The Morgan fingerprint density at radius 3 is 2.52 bits per heavy atom. The van der Waals surface area contributed by atoms with Crippen LogP contribution in [0.25, 0.3) is 0 Å². The number of rotatable bonds is 5. The van der Waals surface area contributed by atoms with Crippen LogP contribution >= 0.6 is 27.5 Å². The van der Waals surface area contributed by atoms with Gasteiger partial charge in [0.1, 0.15) is 0 Å². The van der Waals surface area contributed by atoms with Gasteiger partial charge in [0.25, 0.3) is 5.91 Å². The lowest BCUT2D eigenvalue weighted by Crippen LogP contribution is -2.37. The molecular weight excluding hydrogens is 380 g/mol. The second kappa shape index (κ2) is 8.13. The molecule has 0 aliphatic rings. The van der Waals surface area contributed by atoms with E-state index in [0.717, 1.165) is 10.0 Å². The van der Waals surface area contributed by atoms with Crippen LogP contribution in [0.4, 0.5) is 0 Å². The minimum atomic E-state index is -0.278. The Morgan fingerprint density at radius 2 is 1.87 bits per heavy atom. The molecule has 0 aromatic heterocycles. The quantitative estimate of drug-likeness (QED) is 0.842. The molecular formula is C17H16BrClN2O2. The van der Waals surface area contributed by atoms with Crippen molar-refractivity contribution in [3.63, 3.8) is 0 Å². The number of carbonyl (C=O) groups excluding carboxylic acids is 2. The van der Waals surface area contributed by atoms with Gasteiger partial charge in [0, 0.05) is 28.7 Å². The van der Waals surface area contributed by atoms with Crippen LogP contribution in [0.2, 0.25) is 5.02 Å². The Bertz CT molecular complexity index is 704. The van der Waals surface area contributed by atoms with Crippen molar-refractivity contribution >= 4 is 39.3 Å². The third-order valence-corrected chi connectivity index (χ3v) is 3.99. The summed E-state index contributed by atoms with van der Waals surface area (Å²) in [4.78, 5) is 25.7. The summed E-state index contributed by atoms with van der Waals surface area (Å²) in [6.07, 6.45) is 0. The molecule has 0 heterocycles. The van der Waals surface area contributed by atoms with Gasteiger partial charge in [-0.15, -0.1) is 0 Å². The lowest BCUT2D eigenvalue weighted by Gasteiger charge is -2.17. The van der Waals surface area contributed by atoms with Gasteiger partial charge in [0.15, 0.2) is 0 Å². The van der Waals surface area contributed by atoms with E-state index in [1.165, 1.54) is 0 Å². The number of hydrogen-bond donors (Lipinski definition) is 1. The Hall–Kier alpha value is -1.85. The van der Waals surface area contributed by atoms with Crippen LogP contribution < -0.4 is 5.32 Å². The fourth-order valence-corrected chi connectivity index (χ4v) is 2.50. The van der Waals surface area contributed by atoms with E-state index >= 15 is 0 Å². The summed E-state index contributed by atoms with van der Waals surface area (Å²) in [6.45, 7) is 0.415. The minimum absolute atomic E-state index is 0.0462. The second-order valence-electron chi connectivity index (χ2n) is 5.07. The zero-order valence-electron chi connectivity index (χ0n) is 12.6. The SMILES string of the molecule is CN(Cc1ccc(Cl)cc1)C(=O)CNC(=O)c1cccc(Br)c1. The van der Waals surface area contributed by atoms with E-state index in [9.17, 15) is 9.59 Å². The van der Waals surface area contributed by atoms with E-state index < -0.39 is 0 Å². The topological polar surface area (TPSA) is 49.4 Å². The number of carbonyl (C=O) groups is 2. The molecule has 0 bridgehead atoms. The molecule has 1 N–H and O–H groups in total. The number of halogens is 2. The van der Waals surface area contributed by atoms with Gasteiger partial charge >= 0.3 is 0 Å². The van der Waals surface area contributed by atoms with E-state index in [4.69, 9.17) is 11.6 Å². The van der Waals surface area contributed by atoms with Crippen molar-refractivity contribution in [1.29, 1.82) is 0 Å². The number of hydrogen-bond acceptors (Lipinski definition) is 2. The monoisotopic (exact) mass is 394 g/mol. The zero-order chi connectivity index (χ0) is 16.8. The molecule has 2 amide bonds. The van der Waals surface area contributed by atoms with E-state index in [1.807, 2.05) is 18.2 Å². The van der Waals surface area contributed by atoms with Crippen LogP contribution in [-0.2, 0) is 11.3 Å². The largest absolute Gasteiger partial charge is 0.343 e. The Kier molecular flexibility index (Phi) is 6.19. The standard InChI is InChI=1S/C17H16BrClN2O2/c1-21(11-12-5-7-15(19)8-6-12)16(22)10-20-17(23)13-3-2-4-14(18)9-13/h2-9H,10-11H2,1H3,(H,20,23). The molecule has 0 aliphatic carbocycles. The normalized spacial score (nSPS) is 10.2. The molecule has 0 unspecified atom stereocenters. The molecule has 0 aliphatic heterocycles. The number of amides is 2. The molecule has 6 heteroatoms. The van der Waals surface area contributed by atoms with Crippen molar-refractivity contribution in [2.24, 2.45) is 0 Å². The molecule has 0 fully saturated rings. The van der Waals surface area contributed by atoms with Crippen LogP contribution in [0, 0.1) is 0 Å². The van der Waals surface area contributed by atoms with Gasteiger partial charge in [-0.1, -0.05) is 45.7 Å². The first-order valence-corrected chi connectivity index (χ1v) is 8.15. The molecule has 23 heavy (non-hydrogen) atoms. The summed E-state index contributed by atoms with van der Waals surface area (Å²) in [6, 6.07) is 14.3. The van der Waals surface area contributed by atoms with E-state index in [0.29, 0.717) is 17.1 Å². The van der Waals surface area contributed by atoms with Crippen LogP contribution in [0.15, 0.2) is 53.0 Å². The van der Waals surface area contributed by atoms with Gasteiger partial charge in [-0.2, -0.15) is 0 Å². The second-order valence-corrected chi connectivity index (χ2v) is 6.42. The van der Waals surface area contributed by atoms with Crippen molar-refractivity contribution in [2.45, 2.75) is 6.54 Å². The predicted octanol–water partition coefficient (Wildman–Crippen LogP) is 3.49. The highest BCUT2D eigenvalue weighted by Crippen LogP contribution is 2.12. The average molecular weight is 396 g/mol. The fourth-order valence-electron chi connectivity index (χ4n) is 1.97. The predicted molar refractivity (Wildman–Crippen MR) is 94.4 cm³/mol. The van der Waals surface area contributed by atoms with Gasteiger partial charge in [-0.3, -0.25) is 9.59 Å². The van der Waals surface area contributed by atoms with Gasteiger partial charge in [0.05, 0.1) is 6.54 Å². The molecule has 2 aromatic rings. The van der Waals surface area contributed by atoms with Crippen LogP contribution in [-0.4, -0.2) is 30.3 Å². The van der Waals surface area contributed by atoms with Crippen molar-refractivity contribution in [1.82, 2.24) is 10.2 Å². The summed E-state index contributed by atoms with van der Waals surface area (Å²) < 4.78 is 0.816. The van der Waals surface area contributed by atoms with E-state index in [1.54, 1.807) is 42.3 Å². The van der Waals surface area contributed by atoms with Gasteiger partial charge in [0.2, 0.25) is 5.91 Å². The van der Waals surface area contributed by atoms with Crippen LogP contribution in [0.1, 0.15) is 15.9 Å². The summed E-state index contributed by atoms with van der Waals surface area (Å²) in [7, 11) is 1.70. The summed E-state index contributed by atoms with van der Waals surface area (Å²) in [5.74, 6) is -0.442. The van der Waals surface area contributed by atoms with Gasteiger partial charge in [-0.25, -0.2) is 0 Å². The zero-order valence-corrected chi connectivity index (χ0v) is 14.9. The summed E-state index contributed by atoms with van der Waals surface area (Å²) in [5, 5.41) is 3.29. The third-order valence-electron chi connectivity index (χ3n) is 3.25. The highest BCUT2D eigenvalue weighted by atomic mass is 79.9. The number of likely N-dealkylation sites (N-methyl/N-ethyl adjacent to an activating group) is 1. The summed E-state index contributed by atoms with van der Waals surface area (Å²) >= 11 is 9.14. The lowest BCUT2D eigenvalue weighted by atomic mass is 10.2. The maximum Gasteiger partial charge on any atom is 0.251 e. The summed E-state index contributed by atoms with van der Waals surface area (Å²) in [5.41, 5.74) is 1.48. The molecule has 2 aromatic carbocycles. The van der Waals surface area contributed by atoms with Crippen LogP contribution in [0.5, 0.6) is 0 Å². The highest BCUT2D eigenvalue weighted by Gasteiger charge is 2.12. The molecule has 0 saturated heterocycles. The van der Waals surface area contributed by atoms with Crippen molar-refractivity contribution < 1.29 is 9.59 Å². The molecule has 0 atom stereocenters. The molecule has 0 radical (unpaired) electrons. The minimum Gasteiger partial charge on any atom is -0.343 e. The Labute approximate surface area is 148 Å². The maximum atomic E-state index is 12.1. The highest BCUT2D eigenvalue weighted by molar-refractivity contribution is 9.10. The van der Waals surface area contributed by atoms with Gasteiger partial charge in [-0.05, 0) is 35.9 Å².